The summed E-state index contributed by atoms with van der Waals surface area (Å²) in [5.74, 6) is 0.919. The van der Waals surface area contributed by atoms with E-state index in [0.717, 1.165) is 17.8 Å². The third-order valence-corrected chi connectivity index (χ3v) is 5.55. The smallest absolute Gasteiger partial charge is 0.276 e. The van der Waals surface area contributed by atoms with E-state index in [1.165, 1.54) is 6.92 Å². The van der Waals surface area contributed by atoms with Gasteiger partial charge in [0.25, 0.3) is 5.91 Å². The first kappa shape index (κ1) is 18.4. The van der Waals surface area contributed by atoms with E-state index in [4.69, 9.17) is 9.26 Å². The summed E-state index contributed by atoms with van der Waals surface area (Å²) in [7, 11) is 0. The number of aromatic nitrogens is 2. The molecule has 1 atom stereocenters. The number of carbonyl (C=O) groups is 2. The first-order chi connectivity index (χ1) is 13.6. The van der Waals surface area contributed by atoms with E-state index in [2.05, 4.69) is 10.1 Å². The number of ketones is 1. The summed E-state index contributed by atoms with van der Waals surface area (Å²) in [6.07, 6.45) is 3.61. The number of amides is 1. The lowest BCUT2D eigenvalue weighted by Gasteiger charge is -2.21. The highest BCUT2D eigenvalue weighted by Gasteiger charge is 2.33. The Balaban J connectivity index is 1.39. The van der Waals surface area contributed by atoms with Crippen LogP contribution < -0.4 is 4.74 Å². The van der Waals surface area contributed by atoms with Gasteiger partial charge in [-0.05, 0) is 44.0 Å². The number of nitrogens with zero attached hydrogens (tertiary/aromatic N) is 3. The van der Waals surface area contributed by atoms with Gasteiger partial charge in [-0.1, -0.05) is 5.16 Å². The number of Topliss-reactive ketones (excluding diaryl/α,β-unsaturated/α-hetero) is 1. The van der Waals surface area contributed by atoms with Crippen molar-refractivity contribution in [2.24, 2.45) is 0 Å². The minimum absolute atomic E-state index is 0.00269. The van der Waals surface area contributed by atoms with Gasteiger partial charge in [-0.2, -0.15) is 0 Å². The van der Waals surface area contributed by atoms with E-state index in [9.17, 15) is 9.59 Å². The Labute approximate surface area is 165 Å². The number of likely N-dealkylation sites (tertiary alicyclic amines) is 1. The molecule has 0 N–H and O–H groups in total. The summed E-state index contributed by atoms with van der Waals surface area (Å²) >= 11 is 1.56. The molecule has 0 radical (unpaired) electrons. The van der Waals surface area contributed by atoms with E-state index in [-0.39, 0.29) is 30.0 Å². The molecule has 1 aromatic carbocycles. The number of carbonyl (C=O) groups excluding carboxylic acids is 2. The van der Waals surface area contributed by atoms with Crippen molar-refractivity contribution >= 4 is 23.0 Å². The third kappa shape index (κ3) is 3.82. The molecular weight excluding hydrogens is 378 g/mol. The quantitative estimate of drug-likeness (QED) is 0.587. The summed E-state index contributed by atoms with van der Waals surface area (Å²) in [5, 5.41) is 6.79. The van der Waals surface area contributed by atoms with Gasteiger partial charge in [0.15, 0.2) is 17.2 Å². The van der Waals surface area contributed by atoms with E-state index in [0.29, 0.717) is 23.6 Å². The van der Waals surface area contributed by atoms with Gasteiger partial charge < -0.3 is 14.2 Å². The van der Waals surface area contributed by atoms with Crippen LogP contribution in [0.1, 0.15) is 57.4 Å². The molecule has 1 aliphatic rings. The predicted octanol–water partition coefficient (Wildman–Crippen LogP) is 3.89. The van der Waals surface area contributed by atoms with Gasteiger partial charge in [-0.3, -0.25) is 9.59 Å². The van der Waals surface area contributed by atoms with E-state index >= 15 is 0 Å². The van der Waals surface area contributed by atoms with Crippen molar-refractivity contribution < 1.29 is 18.8 Å². The van der Waals surface area contributed by atoms with Crippen LogP contribution in [0, 0.1) is 0 Å². The van der Waals surface area contributed by atoms with Crippen molar-refractivity contribution in [1.82, 2.24) is 15.0 Å². The molecular formula is C20H19N3O4S. The number of rotatable bonds is 6. The number of ether oxygens (including phenoxy) is 1. The van der Waals surface area contributed by atoms with Crippen LogP contribution in [0.5, 0.6) is 5.75 Å². The van der Waals surface area contributed by atoms with E-state index in [1.807, 2.05) is 10.3 Å². The molecule has 2 aromatic heterocycles. The maximum absolute atomic E-state index is 12.8. The Morgan fingerprint density at radius 3 is 2.86 bits per heavy atom. The number of hydrogen-bond donors (Lipinski definition) is 0. The fraction of sp³-hybridized carbons (Fsp3) is 0.300. The third-order valence-electron chi connectivity index (χ3n) is 4.67. The predicted molar refractivity (Wildman–Crippen MR) is 102 cm³/mol. The number of hydrogen-bond acceptors (Lipinski definition) is 7. The van der Waals surface area contributed by atoms with Gasteiger partial charge >= 0.3 is 0 Å². The van der Waals surface area contributed by atoms with Crippen molar-refractivity contribution in [3.8, 4) is 5.75 Å². The second-order valence-corrected chi connectivity index (χ2v) is 7.50. The Morgan fingerprint density at radius 1 is 1.32 bits per heavy atom. The Morgan fingerprint density at radius 2 is 2.14 bits per heavy atom. The topological polar surface area (TPSA) is 85.5 Å². The minimum Gasteiger partial charge on any atom is -0.486 e. The second-order valence-electron chi connectivity index (χ2n) is 6.57. The van der Waals surface area contributed by atoms with Crippen molar-refractivity contribution in [1.29, 1.82) is 0 Å². The average molecular weight is 397 g/mol. The zero-order valence-corrected chi connectivity index (χ0v) is 16.1. The maximum atomic E-state index is 12.8. The molecule has 1 amide bonds. The van der Waals surface area contributed by atoms with Crippen LogP contribution >= 0.6 is 11.3 Å². The van der Waals surface area contributed by atoms with Crippen molar-refractivity contribution in [3.63, 3.8) is 0 Å². The first-order valence-electron chi connectivity index (χ1n) is 9.01. The molecule has 7 nitrogen and oxygen atoms in total. The van der Waals surface area contributed by atoms with Gasteiger partial charge in [0.2, 0.25) is 0 Å². The second kappa shape index (κ2) is 7.93. The molecule has 1 aliphatic heterocycles. The molecule has 1 saturated heterocycles. The normalized spacial score (nSPS) is 16.3. The highest BCUT2D eigenvalue weighted by atomic mass is 32.1. The highest BCUT2D eigenvalue weighted by Crippen LogP contribution is 2.34. The van der Waals surface area contributed by atoms with Gasteiger partial charge in [0.05, 0.1) is 6.04 Å². The standard InChI is InChI=1S/C20H19N3O4S/c1-13(24)14-4-6-15(7-5-14)26-12-16-11-17(22-27-16)20(25)23-9-2-3-18(23)19-21-8-10-28-19/h4-8,10-11,18H,2-3,9,12H2,1H3/t18-/m0/s1. The summed E-state index contributed by atoms with van der Waals surface area (Å²) in [4.78, 5) is 30.3. The molecule has 28 heavy (non-hydrogen) atoms. The summed E-state index contributed by atoms with van der Waals surface area (Å²) < 4.78 is 10.9. The lowest BCUT2D eigenvalue weighted by molar-refractivity contribution is 0.0724. The SMILES string of the molecule is CC(=O)c1ccc(OCc2cc(C(=O)N3CCC[C@H]3c3nccs3)no2)cc1. The lowest BCUT2D eigenvalue weighted by Crippen LogP contribution is -2.30. The molecule has 0 unspecified atom stereocenters. The molecule has 0 aliphatic carbocycles. The number of thiazole rings is 1. The van der Waals surface area contributed by atoms with Crippen LogP contribution in [0.2, 0.25) is 0 Å². The summed E-state index contributed by atoms with van der Waals surface area (Å²) in [6.45, 7) is 2.35. The first-order valence-corrected chi connectivity index (χ1v) is 9.89. The lowest BCUT2D eigenvalue weighted by atomic mass is 10.1. The van der Waals surface area contributed by atoms with Gasteiger partial charge in [-0.15, -0.1) is 11.3 Å². The van der Waals surface area contributed by atoms with Crippen LogP contribution in [0.3, 0.4) is 0 Å². The maximum Gasteiger partial charge on any atom is 0.276 e. The summed E-state index contributed by atoms with van der Waals surface area (Å²) in [6, 6.07) is 8.48. The fourth-order valence-corrected chi connectivity index (χ4v) is 4.02. The van der Waals surface area contributed by atoms with Crippen LogP contribution in [-0.4, -0.2) is 33.3 Å². The van der Waals surface area contributed by atoms with Crippen molar-refractivity contribution in [2.75, 3.05) is 6.54 Å². The van der Waals surface area contributed by atoms with E-state index in [1.54, 1.807) is 47.9 Å². The van der Waals surface area contributed by atoms with Crippen LogP contribution in [0.4, 0.5) is 0 Å². The monoisotopic (exact) mass is 397 g/mol. The minimum atomic E-state index is -0.154. The van der Waals surface area contributed by atoms with Gasteiger partial charge in [0, 0.05) is 29.8 Å². The van der Waals surface area contributed by atoms with Crippen LogP contribution in [0.15, 0.2) is 46.4 Å². The van der Waals surface area contributed by atoms with Crippen LogP contribution in [-0.2, 0) is 6.61 Å². The molecule has 3 aromatic rings. The van der Waals surface area contributed by atoms with Gasteiger partial charge in [0.1, 0.15) is 17.4 Å². The molecule has 1 fully saturated rings. The van der Waals surface area contributed by atoms with E-state index < -0.39 is 0 Å². The summed E-state index contributed by atoms with van der Waals surface area (Å²) in [5.41, 5.74) is 0.897. The molecule has 8 heteroatoms. The molecule has 144 valence electrons. The Bertz CT molecular complexity index is 966. The van der Waals surface area contributed by atoms with Crippen molar-refractivity contribution in [3.05, 3.63) is 63.9 Å². The van der Waals surface area contributed by atoms with Crippen LogP contribution in [0.25, 0.3) is 0 Å². The fourth-order valence-electron chi connectivity index (χ4n) is 3.23. The highest BCUT2D eigenvalue weighted by molar-refractivity contribution is 7.09. The molecule has 4 rings (SSSR count). The largest absolute Gasteiger partial charge is 0.486 e. The molecule has 0 bridgehead atoms. The van der Waals surface area contributed by atoms with Gasteiger partial charge in [-0.25, -0.2) is 4.98 Å². The number of benzene rings is 1. The molecule has 0 saturated carbocycles. The Kier molecular flexibility index (Phi) is 5.21. The molecule has 3 heterocycles. The van der Waals surface area contributed by atoms with Crippen molar-refractivity contribution in [2.45, 2.75) is 32.4 Å². The molecule has 0 spiro atoms. The zero-order valence-electron chi connectivity index (χ0n) is 15.3. The Hall–Kier alpha value is -3.00. The average Bonchev–Trinajstić information content (AvgIpc) is 3.47. The zero-order chi connectivity index (χ0) is 19.5.